The largest absolute Gasteiger partial charge is 0.488 e. The third kappa shape index (κ3) is 6.33. The third-order valence-corrected chi connectivity index (χ3v) is 4.62. The number of nitrogens with zero attached hydrogens (tertiary/aromatic N) is 1. The van der Waals surface area contributed by atoms with Crippen LogP contribution in [-0.2, 0) is 24.2 Å². The van der Waals surface area contributed by atoms with E-state index in [0.29, 0.717) is 18.8 Å². The number of aryl methyl sites for hydroxylation is 2. The van der Waals surface area contributed by atoms with Crippen molar-refractivity contribution in [2.24, 2.45) is 0 Å². The minimum atomic E-state index is -0.650. The number of carbonyl (C=O) groups excluding carboxylic acids is 1. The van der Waals surface area contributed by atoms with E-state index in [-0.39, 0.29) is 10.7 Å². The molecule has 0 aliphatic carbocycles. The molecule has 0 aliphatic rings. The highest BCUT2D eigenvalue weighted by atomic mass is 35.5. The molecular formula is C25H26ClNO3. The molecule has 0 N–H and O–H groups in total. The molecule has 156 valence electrons. The van der Waals surface area contributed by atoms with Gasteiger partial charge in [0.1, 0.15) is 28.7 Å². The SMILES string of the molecule is CC(C)(C)OC(=O)c1c(OCc2ccccc2)cc(CCc2ccccc2)nc1Cl. The number of carbonyl (C=O) groups is 1. The van der Waals surface area contributed by atoms with E-state index in [4.69, 9.17) is 21.1 Å². The first kappa shape index (κ1) is 21.8. The van der Waals surface area contributed by atoms with Crippen molar-refractivity contribution in [2.75, 3.05) is 0 Å². The molecular weight excluding hydrogens is 398 g/mol. The van der Waals surface area contributed by atoms with E-state index in [1.807, 2.05) is 69.3 Å². The number of halogens is 1. The Kier molecular flexibility index (Phi) is 7.11. The number of hydrogen-bond donors (Lipinski definition) is 0. The normalized spacial score (nSPS) is 11.2. The molecule has 0 bridgehead atoms. The van der Waals surface area contributed by atoms with Crippen molar-refractivity contribution in [2.45, 2.75) is 45.8 Å². The first-order valence-electron chi connectivity index (χ1n) is 9.95. The molecule has 1 heterocycles. The smallest absolute Gasteiger partial charge is 0.345 e. The van der Waals surface area contributed by atoms with Crippen molar-refractivity contribution in [1.82, 2.24) is 4.98 Å². The quantitative estimate of drug-likeness (QED) is 0.342. The molecule has 0 fully saturated rings. The van der Waals surface area contributed by atoms with Crippen molar-refractivity contribution in [3.63, 3.8) is 0 Å². The second-order valence-electron chi connectivity index (χ2n) is 8.04. The first-order chi connectivity index (χ1) is 14.3. The van der Waals surface area contributed by atoms with Crippen molar-refractivity contribution in [3.05, 3.63) is 94.3 Å². The molecule has 2 aromatic carbocycles. The fraction of sp³-hybridized carbons (Fsp3) is 0.280. The summed E-state index contributed by atoms with van der Waals surface area (Å²) in [5.74, 6) is -0.158. The van der Waals surface area contributed by atoms with E-state index in [2.05, 4.69) is 17.1 Å². The maximum Gasteiger partial charge on any atom is 0.345 e. The lowest BCUT2D eigenvalue weighted by atomic mass is 10.1. The first-order valence-corrected chi connectivity index (χ1v) is 10.3. The fourth-order valence-corrected chi connectivity index (χ4v) is 3.23. The van der Waals surface area contributed by atoms with Gasteiger partial charge in [-0.1, -0.05) is 72.3 Å². The van der Waals surface area contributed by atoms with Crippen LogP contribution in [0.15, 0.2) is 66.7 Å². The summed E-state index contributed by atoms with van der Waals surface area (Å²) in [6.07, 6.45) is 1.49. The predicted octanol–water partition coefficient (Wildman–Crippen LogP) is 6.05. The summed E-state index contributed by atoms with van der Waals surface area (Å²) in [6.45, 7) is 5.75. The zero-order valence-corrected chi connectivity index (χ0v) is 18.3. The molecule has 5 heteroatoms. The molecule has 0 saturated heterocycles. The lowest BCUT2D eigenvalue weighted by Gasteiger charge is -2.21. The molecule has 4 nitrogen and oxygen atoms in total. The molecule has 0 unspecified atom stereocenters. The van der Waals surface area contributed by atoms with Crippen LogP contribution in [-0.4, -0.2) is 16.6 Å². The summed E-state index contributed by atoms with van der Waals surface area (Å²) in [5.41, 5.74) is 2.47. The van der Waals surface area contributed by atoms with Gasteiger partial charge in [-0.25, -0.2) is 9.78 Å². The third-order valence-electron chi connectivity index (χ3n) is 4.34. The summed E-state index contributed by atoms with van der Waals surface area (Å²) in [7, 11) is 0. The monoisotopic (exact) mass is 423 g/mol. The fourth-order valence-electron chi connectivity index (χ4n) is 2.95. The van der Waals surface area contributed by atoms with Crippen LogP contribution in [0.2, 0.25) is 5.15 Å². The average Bonchev–Trinajstić information content (AvgIpc) is 2.70. The summed E-state index contributed by atoms with van der Waals surface area (Å²) < 4.78 is 11.5. The zero-order valence-electron chi connectivity index (χ0n) is 17.5. The Balaban J connectivity index is 1.87. The Hall–Kier alpha value is -2.85. The molecule has 0 aliphatic heterocycles. The van der Waals surface area contributed by atoms with Crippen LogP contribution < -0.4 is 4.74 Å². The van der Waals surface area contributed by atoms with Gasteiger partial charge in [-0.15, -0.1) is 0 Å². The van der Waals surface area contributed by atoms with E-state index >= 15 is 0 Å². The number of ether oxygens (including phenoxy) is 2. The van der Waals surface area contributed by atoms with Gasteiger partial charge >= 0.3 is 5.97 Å². The highest BCUT2D eigenvalue weighted by molar-refractivity contribution is 6.32. The van der Waals surface area contributed by atoms with Crippen molar-refractivity contribution in [1.29, 1.82) is 0 Å². The lowest BCUT2D eigenvalue weighted by Crippen LogP contribution is -2.24. The van der Waals surface area contributed by atoms with Crippen molar-refractivity contribution < 1.29 is 14.3 Å². The van der Waals surface area contributed by atoms with Crippen LogP contribution in [0.1, 0.15) is 48.0 Å². The van der Waals surface area contributed by atoms with E-state index in [9.17, 15) is 4.79 Å². The van der Waals surface area contributed by atoms with Crippen LogP contribution in [0.3, 0.4) is 0 Å². The second-order valence-corrected chi connectivity index (χ2v) is 8.40. The highest BCUT2D eigenvalue weighted by Gasteiger charge is 2.25. The summed E-state index contributed by atoms with van der Waals surface area (Å²) in [5, 5.41) is 0.0953. The van der Waals surface area contributed by atoms with Gasteiger partial charge in [0.15, 0.2) is 0 Å². The zero-order chi connectivity index (χ0) is 21.6. The average molecular weight is 424 g/mol. The number of esters is 1. The Morgan fingerprint density at radius 3 is 2.13 bits per heavy atom. The molecule has 0 atom stereocenters. The van der Waals surface area contributed by atoms with Crippen LogP contribution in [0, 0.1) is 0 Å². The van der Waals surface area contributed by atoms with Gasteiger partial charge in [0.25, 0.3) is 0 Å². The van der Waals surface area contributed by atoms with Gasteiger partial charge in [-0.3, -0.25) is 0 Å². The lowest BCUT2D eigenvalue weighted by molar-refractivity contribution is 0.00652. The second kappa shape index (κ2) is 9.77. The molecule has 3 rings (SSSR count). The predicted molar refractivity (Wildman–Crippen MR) is 119 cm³/mol. The molecule has 0 amide bonds. The maximum absolute atomic E-state index is 12.8. The van der Waals surface area contributed by atoms with E-state index < -0.39 is 11.6 Å². The van der Waals surface area contributed by atoms with Crippen LogP contribution in [0.5, 0.6) is 5.75 Å². The standard InChI is InChI=1S/C25H26ClNO3/c1-25(2,3)30-24(28)22-21(29-17-19-12-8-5-9-13-19)16-20(27-23(22)26)15-14-18-10-6-4-7-11-18/h4-13,16H,14-15,17H2,1-3H3. The number of rotatable bonds is 7. The summed E-state index contributed by atoms with van der Waals surface area (Å²) >= 11 is 6.43. The Bertz CT molecular complexity index is 983. The Morgan fingerprint density at radius 2 is 1.53 bits per heavy atom. The van der Waals surface area contributed by atoms with E-state index in [1.165, 1.54) is 5.56 Å². The van der Waals surface area contributed by atoms with Gasteiger partial charge < -0.3 is 9.47 Å². The van der Waals surface area contributed by atoms with Gasteiger partial charge in [-0.2, -0.15) is 0 Å². The number of pyridine rings is 1. The van der Waals surface area contributed by atoms with Gasteiger partial charge in [0.2, 0.25) is 0 Å². The molecule has 0 saturated carbocycles. The van der Waals surface area contributed by atoms with Crippen LogP contribution in [0.4, 0.5) is 0 Å². The Labute approximate surface area is 182 Å². The minimum Gasteiger partial charge on any atom is -0.488 e. The van der Waals surface area contributed by atoms with E-state index in [0.717, 1.165) is 17.7 Å². The minimum absolute atomic E-state index is 0.0953. The van der Waals surface area contributed by atoms with Gasteiger partial charge in [0, 0.05) is 11.8 Å². The molecule has 1 aromatic heterocycles. The molecule has 0 radical (unpaired) electrons. The molecule has 3 aromatic rings. The van der Waals surface area contributed by atoms with Crippen LogP contribution >= 0.6 is 11.6 Å². The van der Waals surface area contributed by atoms with Gasteiger partial charge in [0.05, 0.1) is 0 Å². The summed E-state index contributed by atoms with van der Waals surface area (Å²) in [4.78, 5) is 17.2. The van der Waals surface area contributed by atoms with Crippen molar-refractivity contribution in [3.8, 4) is 5.75 Å². The van der Waals surface area contributed by atoms with Crippen molar-refractivity contribution >= 4 is 17.6 Å². The van der Waals surface area contributed by atoms with Crippen LogP contribution in [0.25, 0.3) is 0 Å². The highest BCUT2D eigenvalue weighted by Crippen LogP contribution is 2.30. The van der Waals surface area contributed by atoms with Gasteiger partial charge in [-0.05, 0) is 44.7 Å². The molecule has 0 spiro atoms. The number of aromatic nitrogens is 1. The number of benzene rings is 2. The number of hydrogen-bond acceptors (Lipinski definition) is 4. The molecule has 30 heavy (non-hydrogen) atoms. The Morgan fingerprint density at radius 1 is 0.933 bits per heavy atom. The maximum atomic E-state index is 12.8. The topological polar surface area (TPSA) is 48.4 Å². The summed E-state index contributed by atoms with van der Waals surface area (Å²) in [6, 6.07) is 21.7. The van der Waals surface area contributed by atoms with E-state index in [1.54, 1.807) is 6.07 Å².